The van der Waals surface area contributed by atoms with Gasteiger partial charge < -0.3 is 5.11 Å². The van der Waals surface area contributed by atoms with Crippen molar-refractivity contribution in [3.63, 3.8) is 0 Å². The second-order valence-electron chi connectivity index (χ2n) is 4.33. The molecule has 3 aromatic rings. The fraction of sp³-hybridized carbons (Fsp3) is 0.143. The Labute approximate surface area is 114 Å². The molecule has 4 nitrogen and oxygen atoms in total. The van der Waals surface area contributed by atoms with Gasteiger partial charge in [0.2, 0.25) is 0 Å². The lowest BCUT2D eigenvalue weighted by atomic mass is 10.1. The van der Waals surface area contributed by atoms with Crippen molar-refractivity contribution in [3.05, 3.63) is 47.1 Å². The Bertz CT molecular complexity index is 743. The number of aliphatic carboxylic acids is 1. The lowest BCUT2D eigenvalue weighted by Gasteiger charge is -2.01. The number of benzene rings is 1. The molecular weight excluding hydrogens is 260 g/mol. The van der Waals surface area contributed by atoms with E-state index >= 15 is 0 Å². The SMILES string of the molecule is Cc1sc2nc(CC(=O)O)cn2c1-c1ccccc1. The minimum atomic E-state index is -0.858. The molecule has 0 saturated heterocycles. The molecule has 0 aliphatic carbocycles. The number of aryl methyl sites for hydroxylation is 1. The largest absolute Gasteiger partial charge is 0.481 e. The Morgan fingerprint density at radius 1 is 1.37 bits per heavy atom. The maximum absolute atomic E-state index is 10.7. The van der Waals surface area contributed by atoms with Gasteiger partial charge in [0.25, 0.3) is 0 Å². The molecule has 19 heavy (non-hydrogen) atoms. The van der Waals surface area contributed by atoms with Gasteiger partial charge in [-0.1, -0.05) is 30.3 Å². The van der Waals surface area contributed by atoms with E-state index in [4.69, 9.17) is 5.11 Å². The molecule has 0 fully saturated rings. The Kier molecular flexibility index (Phi) is 2.83. The van der Waals surface area contributed by atoms with Gasteiger partial charge >= 0.3 is 5.97 Å². The van der Waals surface area contributed by atoms with Crippen LogP contribution in [0.25, 0.3) is 16.2 Å². The highest BCUT2D eigenvalue weighted by Crippen LogP contribution is 2.31. The molecule has 0 bridgehead atoms. The van der Waals surface area contributed by atoms with Crippen LogP contribution in [0.1, 0.15) is 10.6 Å². The summed E-state index contributed by atoms with van der Waals surface area (Å²) < 4.78 is 1.98. The monoisotopic (exact) mass is 272 g/mol. The van der Waals surface area contributed by atoms with Crippen molar-refractivity contribution in [3.8, 4) is 11.3 Å². The van der Waals surface area contributed by atoms with Gasteiger partial charge in [-0.05, 0) is 12.5 Å². The fourth-order valence-electron chi connectivity index (χ4n) is 2.18. The van der Waals surface area contributed by atoms with Crippen LogP contribution in [-0.4, -0.2) is 20.5 Å². The van der Waals surface area contributed by atoms with Crippen molar-refractivity contribution in [2.24, 2.45) is 0 Å². The van der Waals surface area contributed by atoms with Gasteiger partial charge in [0.15, 0.2) is 4.96 Å². The zero-order valence-electron chi connectivity index (χ0n) is 10.3. The summed E-state index contributed by atoms with van der Waals surface area (Å²) in [5.74, 6) is -0.858. The first-order chi connectivity index (χ1) is 9.15. The summed E-state index contributed by atoms with van der Waals surface area (Å²) >= 11 is 1.58. The number of hydrogen-bond acceptors (Lipinski definition) is 3. The molecular formula is C14H12N2O2S. The van der Waals surface area contributed by atoms with Gasteiger partial charge in [0.05, 0.1) is 17.8 Å². The third-order valence-corrected chi connectivity index (χ3v) is 3.89. The van der Waals surface area contributed by atoms with E-state index < -0.39 is 5.97 Å². The van der Waals surface area contributed by atoms with Crippen LogP contribution < -0.4 is 0 Å². The van der Waals surface area contributed by atoms with E-state index in [1.165, 1.54) is 4.88 Å². The number of rotatable bonds is 3. The number of hydrogen-bond donors (Lipinski definition) is 1. The van der Waals surface area contributed by atoms with E-state index in [0.29, 0.717) is 5.69 Å². The highest BCUT2D eigenvalue weighted by Gasteiger charge is 2.14. The third-order valence-electron chi connectivity index (χ3n) is 2.92. The molecule has 5 heteroatoms. The Morgan fingerprint density at radius 2 is 2.11 bits per heavy atom. The second-order valence-corrected chi connectivity index (χ2v) is 5.51. The molecule has 1 aromatic carbocycles. The minimum absolute atomic E-state index is 0.0400. The van der Waals surface area contributed by atoms with Crippen LogP contribution >= 0.6 is 11.3 Å². The molecule has 0 unspecified atom stereocenters. The van der Waals surface area contributed by atoms with Gasteiger partial charge in [-0.2, -0.15) is 0 Å². The average Bonchev–Trinajstić information content (AvgIpc) is 2.85. The first-order valence-electron chi connectivity index (χ1n) is 5.90. The molecule has 2 aromatic heterocycles. The summed E-state index contributed by atoms with van der Waals surface area (Å²) in [5.41, 5.74) is 2.80. The van der Waals surface area contributed by atoms with Crippen molar-refractivity contribution < 1.29 is 9.90 Å². The van der Waals surface area contributed by atoms with E-state index in [-0.39, 0.29) is 6.42 Å². The lowest BCUT2D eigenvalue weighted by molar-refractivity contribution is -0.136. The summed E-state index contributed by atoms with van der Waals surface area (Å²) in [7, 11) is 0. The number of thiazole rings is 1. The highest BCUT2D eigenvalue weighted by atomic mass is 32.1. The van der Waals surface area contributed by atoms with E-state index in [9.17, 15) is 4.79 Å². The van der Waals surface area contributed by atoms with Crippen LogP contribution in [0.5, 0.6) is 0 Å². The number of imidazole rings is 1. The molecule has 0 amide bonds. The van der Waals surface area contributed by atoms with Crippen molar-refractivity contribution >= 4 is 22.3 Å². The van der Waals surface area contributed by atoms with Gasteiger partial charge in [0, 0.05) is 11.1 Å². The number of carboxylic acids is 1. The van der Waals surface area contributed by atoms with E-state index in [1.807, 2.05) is 40.9 Å². The number of fused-ring (bicyclic) bond motifs is 1. The predicted octanol–water partition coefficient (Wildman–Crippen LogP) is 3.00. The van der Waals surface area contributed by atoms with E-state index in [1.54, 1.807) is 11.3 Å². The van der Waals surface area contributed by atoms with Crippen LogP contribution in [0.15, 0.2) is 36.5 Å². The van der Waals surface area contributed by atoms with Crippen LogP contribution in [-0.2, 0) is 11.2 Å². The van der Waals surface area contributed by atoms with Gasteiger partial charge in [0.1, 0.15) is 0 Å². The smallest absolute Gasteiger partial charge is 0.309 e. The number of carboxylic acid groups (broad SMARTS) is 1. The molecule has 1 N–H and O–H groups in total. The van der Waals surface area contributed by atoms with Gasteiger partial charge in [-0.15, -0.1) is 11.3 Å². The van der Waals surface area contributed by atoms with E-state index in [2.05, 4.69) is 11.9 Å². The van der Waals surface area contributed by atoms with Gasteiger partial charge in [-0.25, -0.2) is 4.98 Å². The van der Waals surface area contributed by atoms with Crippen LogP contribution in [0, 0.1) is 6.92 Å². The zero-order valence-corrected chi connectivity index (χ0v) is 11.1. The Balaban J connectivity index is 2.15. The van der Waals surface area contributed by atoms with Crippen molar-refractivity contribution in [2.75, 3.05) is 0 Å². The topological polar surface area (TPSA) is 54.6 Å². The highest BCUT2D eigenvalue weighted by molar-refractivity contribution is 7.17. The normalized spacial score (nSPS) is 11.0. The maximum Gasteiger partial charge on any atom is 0.309 e. The number of nitrogens with zero attached hydrogens (tertiary/aromatic N) is 2. The molecule has 0 saturated carbocycles. The first kappa shape index (κ1) is 11.9. The Hall–Kier alpha value is -2.14. The molecule has 0 spiro atoms. The second kappa shape index (κ2) is 4.51. The summed E-state index contributed by atoms with van der Waals surface area (Å²) in [6.45, 7) is 2.05. The van der Waals surface area contributed by atoms with Crippen molar-refractivity contribution in [1.29, 1.82) is 0 Å². The number of carbonyl (C=O) groups is 1. The summed E-state index contributed by atoms with van der Waals surface area (Å²) in [5, 5.41) is 8.82. The van der Waals surface area contributed by atoms with Crippen molar-refractivity contribution in [2.45, 2.75) is 13.3 Å². The van der Waals surface area contributed by atoms with Crippen LogP contribution in [0.3, 0.4) is 0 Å². The molecule has 2 heterocycles. The third kappa shape index (κ3) is 2.13. The number of aromatic nitrogens is 2. The quantitative estimate of drug-likeness (QED) is 0.797. The molecule has 0 radical (unpaired) electrons. The molecule has 3 rings (SSSR count). The molecule has 0 aliphatic rings. The fourth-order valence-corrected chi connectivity index (χ4v) is 3.17. The summed E-state index contributed by atoms with van der Waals surface area (Å²) in [4.78, 5) is 17.1. The minimum Gasteiger partial charge on any atom is -0.481 e. The maximum atomic E-state index is 10.7. The first-order valence-corrected chi connectivity index (χ1v) is 6.71. The molecule has 0 atom stereocenters. The summed E-state index contributed by atoms with van der Waals surface area (Å²) in [6, 6.07) is 10.1. The lowest BCUT2D eigenvalue weighted by Crippen LogP contribution is -1.99. The average molecular weight is 272 g/mol. The van der Waals surface area contributed by atoms with Crippen molar-refractivity contribution in [1.82, 2.24) is 9.38 Å². The Morgan fingerprint density at radius 3 is 2.79 bits per heavy atom. The van der Waals surface area contributed by atoms with Gasteiger partial charge in [-0.3, -0.25) is 9.20 Å². The zero-order chi connectivity index (χ0) is 13.4. The van der Waals surface area contributed by atoms with E-state index in [0.717, 1.165) is 16.2 Å². The predicted molar refractivity (Wildman–Crippen MR) is 74.6 cm³/mol. The molecule has 0 aliphatic heterocycles. The molecule has 96 valence electrons. The van der Waals surface area contributed by atoms with Crippen LogP contribution in [0.4, 0.5) is 0 Å². The van der Waals surface area contributed by atoms with Crippen LogP contribution in [0.2, 0.25) is 0 Å². The summed E-state index contributed by atoms with van der Waals surface area (Å²) in [6.07, 6.45) is 1.77. The standard InChI is InChI=1S/C14H12N2O2S/c1-9-13(10-5-3-2-4-6-10)16-8-11(7-12(17)18)15-14(16)19-9/h2-6,8H,7H2,1H3,(H,17,18).